The SMILES string of the molecule is CC(CO)C(C)NC(=O)NCCOc1cccc(C(F)(F)F)c1. The molecule has 1 rings (SSSR count). The Morgan fingerprint density at radius 3 is 2.65 bits per heavy atom. The summed E-state index contributed by atoms with van der Waals surface area (Å²) in [5, 5.41) is 14.1. The number of ether oxygens (including phenoxy) is 1. The molecule has 0 aliphatic heterocycles. The number of hydrogen-bond donors (Lipinski definition) is 3. The Morgan fingerprint density at radius 1 is 1.35 bits per heavy atom. The van der Waals surface area contributed by atoms with Crippen molar-refractivity contribution >= 4 is 6.03 Å². The molecule has 0 radical (unpaired) electrons. The van der Waals surface area contributed by atoms with E-state index < -0.39 is 17.8 Å². The zero-order chi connectivity index (χ0) is 17.5. The maximum absolute atomic E-state index is 12.5. The van der Waals surface area contributed by atoms with Gasteiger partial charge in [-0.25, -0.2) is 4.79 Å². The molecule has 2 amide bonds. The summed E-state index contributed by atoms with van der Waals surface area (Å²) >= 11 is 0. The van der Waals surface area contributed by atoms with Crippen molar-refractivity contribution < 1.29 is 27.8 Å². The number of halogens is 3. The fraction of sp³-hybridized carbons (Fsp3) is 0.533. The maximum Gasteiger partial charge on any atom is 0.416 e. The number of amides is 2. The average molecular weight is 334 g/mol. The first-order valence-electron chi connectivity index (χ1n) is 7.19. The molecule has 1 aromatic rings. The summed E-state index contributed by atoms with van der Waals surface area (Å²) in [5.74, 6) is 0.00594. The first kappa shape index (κ1) is 19.1. The third kappa shape index (κ3) is 6.77. The molecule has 0 aliphatic rings. The summed E-state index contributed by atoms with van der Waals surface area (Å²) in [5.41, 5.74) is -0.785. The third-order valence-corrected chi connectivity index (χ3v) is 3.32. The lowest BCUT2D eigenvalue weighted by molar-refractivity contribution is -0.137. The molecule has 0 saturated carbocycles. The van der Waals surface area contributed by atoms with Gasteiger partial charge in [-0.3, -0.25) is 0 Å². The molecule has 0 aromatic heterocycles. The highest BCUT2D eigenvalue weighted by molar-refractivity contribution is 5.74. The van der Waals surface area contributed by atoms with Crippen molar-refractivity contribution in [1.29, 1.82) is 0 Å². The lowest BCUT2D eigenvalue weighted by atomic mass is 10.1. The predicted octanol–water partition coefficient (Wildman–Crippen LogP) is 2.40. The number of alkyl halides is 3. The van der Waals surface area contributed by atoms with Crippen LogP contribution < -0.4 is 15.4 Å². The van der Waals surface area contributed by atoms with Crippen molar-refractivity contribution in [1.82, 2.24) is 10.6 Å². The quantitative estimate of drug-likeness (QED) is 0.671. The summed E-state index contributed by atoms with van der Waals surface area (Å²) < 4.78 is 42.8. The van der Waals surface area contributed by atoms with Crippen molar-refractivity contribution in [2.24, 2.45) is 5.92 Å². The first-order chi connectivity index (χ1) is 10.7. The van der Waals surface area contributed by atoms with Crippen LogP contribution in [0.25, 0.3) is 0 Å². The summed E-state index contributed by atoms with van der Waals surface area (Å²) in [6.45, 7) is 3.70. The molecule has 0 aliphatic carbocycles. The number of hydrogen-bond acceptors (Lipinski definition) is 3. The van der Waals surface area contributed by atoms with Crippen LogP contribution in [0.5, 0.6) is 5.75 Å². The Kier molecular flexibility index (Phi) is 7.15. The van der Waals surface area contributed by atoms with Crippen molar-refractivity contribution in [3.05, 3.63) is 29.8 Å². The van der Waals surface area contributed by atoms with Crippen LogP contribution in [0, 0.1) is 5.92 Å². The monoisotopic (exact) mass is 334 g/mol. The van der Waals surface area contributed by atoms with Crippen LogP contribution in [0.4, 0.5) is 18.0 Å². The number of benzene rings is 1. The van der Waals surface area contributed by atoms with Gasteiger partial charge in [0.25, 0.3) is 0 Å². The molecule has 1 aromatic carbocycles. The Labute approximate surface area is 132 Å². The summed E-state index contributed by atoms with van der Waals surface area (Å²) in [6.07, 6.45) is -4.42. The van der Waals surface area contributed by atoms with E-state index in [1.54, 1.807) is 13.8 Å². The summed E-state index contributed by atoms with van der Waals surface area (Å²) in [7, 11) is 0. The smallest absolute Gasteiger partial charge is 0.416 e. The maximum atomic E-state index is 12.5. The molecule has 0 heterocycles. The minimum absolute atomic E-state index is 0.0403. The number of aliphatic hydroxyl groups is 1. The highest BCUT2D eigenvalue weighted by atomic mass is 19.4. The normalized spacial score (nSPS) is 14.0. The largest absolute Gasteiger partial charge is 0.492 e. The molecular weight excluding hydrogens is 313 g/mol. The number of urea groups is 1. The minimum Gasteiger partial charge on any atom is -0.492 e. The van der Waals surface area contributed by atoms with Gasteiger partial charge in [-0.15, -0.1) is 0 Å². The Balaban J connectivity index is 2.34. The van der Waals surface area contributed by atoms with E-state index in [0.29, 0.717) is 0 Å². The van der Waals surface area contributed by atoms with E-state index in [4.69, 9.17) is 9.84 Å². The number of rotatable bonds is 7. The van der Waals surface area contributed by atoms with Crippen molar-refractivity contribution in [2.45, 2.75) is 26.1 Å². The van der Waals surface area contributed by atoms with Crippen LogP contribution >= 0.6 is 0 Å². The van der Waals surface area contributed by atoms with E-state index in [2.05, 4.69) is 10.6 Å². The number of carbonyl (C=O) groups is 1. The van der Waals surface area contributed by atoms with Crippen molar-refractivity contribution in [3.63, 3.8) is 0 Å². The van der Waals surface area contributed by atoms with Crippen LogP contribution in [0.15, 0.2) is 24.3 Å². The topological polar surface area (TPSA) is 70.6 Å². The van der Waals surface area contributed by atoms with E-state index in [0.717, 1.165) is 12.1 Å². The van der Waals surface area contributed by atoms with Gasteiger partial charge >= 0.3 is 12.2 Å². The molecular formula is C15H21F3N2O3. The lowest BCUT2D eigenvalue weighted by Crippen LogP contribution is -2.45. The molecule has 3 N–H and O–H groups in total. The lowest BCUT2D eigenvalue weighted by Gasteiger charge is -2.19. The van der Waals surface area contributed by atoms with Gasteiger partial charge in [-0.1, -0.05) is 13.0 Å². The molecule has 0 bridgehead atoms. The van der Waals surface area contributed by atoms with Gasteiger partial charge < -0.3 is 20.5 Å². The Hall–Kier alpha value is -1.96. The first-order valence-corrected chi connectivity index (χ1v) is 7.19. The van der Waals surface area contributed by atoms with Crippen LogP contribution in [-0.4, -0.2) is 36.9 Å². The van der Waals surface area contributed by atoms with Crippen molar-refractivity contribution in [2.75, 3.05) is 19.8 Å². The standard InChI is InChI=1S/C15H21F3N2O3/c1-10(9-21)11(2)20-14(22)19-6-7-23-13-5-3-4-12(8-13)15(16,17)18/h3-5,8,10-11,21H,6-7,9H2,1-2H3,(H2,19,20,22). The van der Waals surface area contributed by atoms with Crippen molar-refractivity contribution in [3.8, 4) is 5.75 Å². The molecule has 2 atom stereocenters. The van der Waals surface area contributed by atoms with E-state index >= 15 is 0 Å². The number of carbonyl (C=O) groups excluding carboxylic acids is 1. The van der Waals surface area contributed by atoms with E-state index in [1.807, 2.05) is 0 Å². The van der Waals surface area contributed by atoms with Crippen LogP contribution in [0.3, 0.4) is 0 Å². The number of aliphatic hydroxyl groups excluding tert-OH is 1. The molecule has 130 valence electrons. The summed E-state index contributed by atoms with van der Waals surface area (Å²) in [6, 6.07) is 3.92. The summed E-state index contributed by atoms with van der Waals surface area (Å²) in [4.78, 5) is 11.6. The predicted molar refractivity (Wildman–Crippen MR) is 79.2 cm³/mol. The molecule has 8 heteroatoms. The molecule has 0 fully saturated rings. The van der Waals surface area contributed by atoms with Gasteiger partial charge in [0.2, 0.25) is 0 Å². The zero-order valence-corrected chi connectivity index (χ0v) is 13.0. The van der Waals surface area contributed by atoms with E-state index in [1.165, 1.54) is 12.1 Å². The second-order valence-corrected chi connectivity index (χ2v) is 5.22. The van der Waals surface area contributed by atoms with Gasteiger partial charge in [0.15, 0.2) is 0 Å². The van der Waals surface area contributed by atoms with Crippen LogP contribution in [-0.2, 0) is 6.18 Å². The van der Waals surface area contributed by atoms with Crippen LogP contribution in [0.1, 0.15) is 19.4 Å². The third-order valence-electron chi connectivity index (χ3n) is 3.32. The molecule has 0 saturated heterocycles. The number of nitrogens with one attached hydrogen (secondary N) is 2. The Morgan fingerprint density at radius 2 is 2.04 bits per heavy atom. The fourth-order valence-corrected chi connectivity index (χ4v) is 1.65. The highest BCUT2D eigenvalue weighted by Gasteiger charge is 2.30. The second-order valence-electron chi connectivity index (χ2n) is 5.22. The van der Waals surface area contributed by atoms with E-state index in [9.17, 15) is 18.0 Å². The van der Waals surface area contributed by atoms with Crippen LogP contribution in [0.2, 0.25) is 0 Å². The fourth-order valence-electron chi connectivity index (χ4n) is 1.65. The highest BCUT2D eigenvalue weighted by Crippen LogP contribution is 2.31. The molecule has 0 spiro atoms. The van der Waals surface area contributed by atoms with Gasteiger partial charge in [-0.2, -0.15) is 13.2 Å². The molecule has 2 unspecified atom stereocenters. The molecule has 23 heavy (non-hydrogen) atoms. The zero-order valence-electron chi connectivity index (χ0n) is 13.0. The second kappa shape index (κ2) is 8.61. The van der Waals surface area contributed by atoms with Gasteiger partial charge in [0.1, 0.15) is 12.4 Å². The van der Waals surface area contributed by atoms with E-state index in [-0.39, 0.29) is 37.5 Å². The van der Waals surface area contributed by atoms with Gasteiger partial charge in [-0.05, 0) is 31.0 Å². The Bertz CT molecular complexity index is 509. The molecule has 5 nitrogen and oxygen atoms in total. The minimum atomic E-state index is -4.42. The average Bonchev–Trinajstić information content (AvgIpc) is 2.50. The van der Waals surface area contributed by atoms with Gasteiger partial charge in [0, 0.05) is 12.6 Å². The van der Waals surface area contributed by atoms with Gasteiger partial charge in [0.05, 0.1) is 12.1 Å².